The van der Waals surface area contributed by atoms with E-state index in [1.807, 2.05) is 0 Å². The summed E-state index contributed by atoms with van der Waals surface area (Å²) in [6, 6.07) is 2.52. The third-order valence-corrected chi connectivity index (χ3v) is 5.87. The fourth-order valence-corrected chi connectivity index (χ4v) is 4.38. The summed E-state index contributed by atoms with van der Waals surface area (Å²) in [5.41, 5.74) is 0. The predicted octanol–water partition coefficient (Wildman–Crippen LogP) is 1.93. The Bertz CT molecular complexity index is 272. The van der Waals surface area contributed by atoms with Crippen LogP contribution in [0.1, 0.15) is 44.9 Å². The molecule has 1 N–H and O–H groups in total. The van der Waals surface area contributed by atoms with Crippen LogP contribution in [0, 0.1) is 5.92 Å². The molecule has 3 fully saturated rings. The maximum Gasteiger partial charge on any atom is 0.0110 e. The minimum absolute atomic E-state index is 0.797. The maximum atomic E-state index is 3.91. The Morgan fingerprint density at radius 1 is 0.947 bits per heavy atom. The minimum Gasteiger partial charge on any atom is -0.314 e. The van der Waals surface area contributed by atoms with Gasteiger partial charge in [-0.05, 0) is 78.2 Å². The second-order valence-corrected chi connectivity index (χ2v) is 7.23. The molecule has 110 valence electrons. The Balaban J connectivity index is 1.43. The first-order valence-corrected chi connectivity index (χ1v) is 8.36. The van der Waals surface area contributed by atoms with E-state index in [1.165, 1.54) is 64.6 Å². The maximum absolute atomic E-state index is 3.91. The SMILES string of the molecule is CN1CCC(CNC2CC3CCCC(C2)N3C)CC1. The molecule has 19 heavy (non-hydrogen) atoms. The highest BCUT2D eigenvalue weighted by molar-refractivity contribution is 4.93. The van der Waals surface area contributed by atoms with Gasteiger partial charge in [0.1, 0.15) is 0 Å². The van der Waals surface area contributed by atoms with Gasteiger partial charge in [-0.3, -0.25) is 0 Å². The summed E-state index contributed by atoms with van der Waals surface area (Å²) in [7, 11) is 4.60. The summed E-state index contributed by atoms with van der Waals surface area (Å²) in [6.07, 6.45) is 9.88. The fraction of sp³-hybridized carbons (Fsp3) is 1.00. The first-order chi connectivity index (χ1) is 9.22. The molecular weight excluding hydrogens is 234 g/mol. The van der Waals surface area contributed by atoms with Crippen LogP contribution in [0.15, 0.2) is 0 Å². The molecule has 3 aliphatic rings. The van der Waals surface area contributed by atoms with Gasteiger partial charge in [0.25, 0.3) is 0 Å². The van der Waals surface area contributed by atoms with E-state index in [0.717, 1.165) is 24.0 Å². The standard InChI is InChI=1S/C16H31N3/c1-18-8-6-13(7-9-18)12-17-14-10-15-4-3-5-16(11-14)19(15)2/h13-17H,3-12H2,1-2H3. The van der Waals surface area contributed by atoms with Crippen LogP contribution in [0.5, 0.6) is 0 Å². The van der Waals surface area contributed by atoms with Crippen LogP contribution in [-0.2, 0) is 0 Å². The topological polar surface area (TPSA) is 18.5 Å². The zero-order valence-electron chi connectivity index (χ0n) is 12.8. The Morgan fingerprint density at radius 3 is 2.21 bits per heavy atom. The molecule has 3 nitrogen and oxygen atoms in total. The van der Waals surface area contributed by atoms with Crippen molar-refractivity contribution in [3.63, 3.8) is 0 Å². The normalized spacial score (nSPS) is 38.5. The van der Waals surface area contributed by atoms with E-state index in [9.17, 15) is 0 Å². The van der Waals surface area contributed by atoms with Crippen molar-refractivity contribution < 1.29 is 0 Å². The quantitative estimate of drug-likeness (QED) is 0.841. The Labute approximate surface area is 118 Å². The van der Waals surface area contributed by atoms with E-state index < -0.39 is 0 Å². The molecule has 2 bridgehead atoms. The van der Waals surface area contributed by atoms with Gasteiger partial charge in [-0.15, -0.1) is 0 Å². The average Bonchev–Trinajstić information content (AvgIpc) is 2.39. The summed E-state index contributed by atoms with van der Waals surface area (Å²) in [4.78, 5) is 5.13. The zero-order chi connectivity index (χ0) is 13.2. The Hall–Kier alpha value is -0.120. The largest absolute Gasteiger partial charge is 0.314 e. The molecule has 3 heterocycles. The van der Waals surface area contributed by atoms with Gasteiger partial charge in [-0.1, -0.05) is 6.42 Å². The number of nitrogens with one attached hydrogen (secondary N) is 1. The molecule has 3 rings (SSSR count). The van der Waals surface area contributed by atoms with E-state index in [1.54, 1.807) is 0 Å². The van der Waals surface area contributed by atoms with Crippen molar-refractivity contribution in [2.45, 2.75) is 63.1 Å². The van der Waals surface area contributed by atoms with Gasteiger partial charge in [0.15, 0.2) is 0 Å². The van der Waals surface area contributed by atoms with Gasteiger partial charge < -0.3 is 15.1 Å². The lowest BCUT2D eigenvalue weighted by Gasteiger charge is -2.47. The van der Waals surface area contributed by atoms with E-state index in [0.29, 0.717) is 0 Å². The lowest BCUT2D eigenvalue weighted by Crippen LogP contribution is -2.55. The van der Waals surface area contributed by atoms with Crippen LogP contribution in [0.4, 0.5) is 0 Å². The molecule has 0 radical (unpaired) electrons. The summed E-state index contributed by atoms with van der Waals surface area (Å²) >= 11 is 0. The molecule has 0 saturated carbocycles. The van der Waals surface area contributed by atoms with Crippen molar-refractivity contribution >= 4 is 0 Å². The van der Waals surface area contributed by atoms with Gasteiger partial charge >= 0.3 is 0 Å². The summed E-state index contributed by atoms with van der Waals surface area (Å²) in [5, 5.41) is 3.91. The molecule has 3 saturated heterocycles. The zero-order valence-corrected chi connectivity index (χ0v) is 12.8. The number of hydrogen-bond acceptors (Lipinski definition) is 3. The molecule has 0 aromatic heterocycles. The van der Waals surface area contributed by atoms with Gasteiger partial charge in [0, 0.05) is 18.1 Å². The lowest BCUT2D eigenvalue weighted by molar-refractivity contribution is 0.0468. The number of nitrogens with zero attached hydrogens (tertiary/aromatic N) is 2. The number of fused-ring (bicyclic) bond motifs is 2. The molecule has 0 aromatic rings. The number of rotatable bonds is 3. The Kier molecular flexibility index (Phi) is 4.45. The molecular formula is C16H31N3. The molecule has 2 unspecified atom stereocenters. The van der Waals surface area contributed by atoms with Crippen molar-refractivity contribution in [1.29, 1.82) is 0 Å². The third kappa shape index (κ3) is 3.32. The lowest BCUT2D eigenvalue weighted by atomic mass is 9.82. The summed E-state index contributed by atoms with van der Waals surface area (Å²) in [5.74, 6) is 0.927. The van der Waals surface area contributed by atoms with Gasteiger partial charge in [-0.2, -0.15) is 0 Å². The fourth-order valence-electron chi connectivity index (χ4n) is 4.38. The van der Waals surface area contributed by atoms with Crippen LogP contribution in [0.2, 0.25) is 0 Å². The van der Waals surface area contributed by atoms with E-state index in [-0.39, 0.29) is 0 Å². The second-order valence-electron chi connectivity index (χ2n) is 7.23. The van der Waals surface area contributed by atoms with E-state index in [4.69, 9.17) is 0 Å². The first-order valence-electron chi connectivity index (χ1n) is 8.36. The molecule has 0 amide bonds. The minimum atomic E-state index is 0.797. The van der Waals surface area contributed by atoms with E-state index >= 15 is 0 Å². The smallest absolute Gasteiger partial charge is 0.0110 e. The molecule has 0 aromatic carbocycles. The number of hydrogen-bond donors (Lipinski definition) is 1. The van der Waals surface area contributed by atoms with Crippen LogP contribution < -0.4 is 5.32 Å². The highest BCUT2D eigenvalue weighted by Crippen LogP contribution is 2.32. The summed E-state index contributed by atoms with van der Waals surface area (Å²) in [6.45, 7) is 3.86. The van der Waals surface area contributed by atoms with Crippen molar-refractivity contribution in [3.8, 4) is 0 Å². The first kappa shape index (κ1) is 13.8. The molecule has 3 aliphatic heterocycles. The van der Waals surface area contributed by atoms with Gasteiger partial charge in [-0.25, -0.2) is 0 Å². The van der Waals surface area contributed by atoms with Crippen molar-refractivity contribution in [2.75, 3.05) is 33.7 Å². The molecule has 3 heteroatoms. The monoisotopic (exact) mass is 265 g/mol. The van der Waals surface area contributed by atoms with Crippen LogP contribution in [-0.4, -0.2) is 61.7 Å². The van der Waals surface area contributed by atoms with Crippen LogP contribution in [0.3, 0.4) is 0 Å². The molecule has 0 aliphatic carbocycles. The van der Waals surface area contributed by atoms with Crippen LogP contribution in [0.25, 0.3) is 0 Å². The highest BCUT2D eigenvalue weighted by Gasteiger charge is 2.35. The predicted molar refractivity (Wildman–Crippen MR) is 80.4 cm³/mol. The summed E-state index contributed by atoms with van der Waals surface area (Å²) < 4.78 is 0. The highest BCUT2D eigenvalue weighted by atomic mass is 15.2. The van der Waals surface area contributed by atoms with Crippen molar-refractivity contribution in [2.24, 2.45) is 5.92 Å². The molecule has 2 atom stereocenters. The van der Waals surface area contributed by atoms with Crippen molar-refractivity contribution in [1.82, 2.24) is 15.1 Å². The number of piperidine rings is 3. The van der Waals surface area contributed by atoms with Crippen LogP contribution >= 0.6 is 0 Å². The molecule has 0 spiro atoms. The third-order valence-electron chi connectivity index (χ3n) is 5.87. The van der Waals surface area contributed by atoms with E-state index in [2.05, 4.69) is 29.2 Å². The average molecular weight is 265 g/mol. The van der Waals surface area contributed by atoms with Crippen molar-refractivity contribution in [3.05, 3.63) is 0 Å². The Morgan fingerprint density at radius 2 is 1.58 bits per heavy atom. The second kappa shape index (κ2) is 6.11. The van der Waals surface area contributed by atoms with Gasteiger partial charge in [0.2, 0.25) is 0 Å². The number of likely N-dealkylation sites (tertiary alicyclic amines) is 1. The van der Waals surface area contributed by atoms with Gasteiger partial charge in [0.05, 0.1) is 0 Å².